The maximum absolute atomic E-state index is 5.62. The van der Waals surface area contributed by atoms with E-state index in [4.69, 9.17) is 9.47 Å². The summed E-state index contributed by atoms with van der Waals surface area (Å²) in [4.78, 5) is 0. The molecule has 0 atom stereocenters. The standard InChI is InChI=1S/C16H25NO2/c1-4-17-12-16(2,3)8-7-13-5-6-14-15(11-13)19-10-9-18-14/h5-6,11,17H,4,7-10,12H2,1-3H3. The highest BCUT2D eigenvalue weighted by atomic mass is 16.6. The van der Waals surface area contributed by atoms with E-state index in [0.717, 1.165) is 31.0 Å². The Balaban J connectivity index is 1.92. The highest BCUT2D eigenvalue weighted by Crippen LogP contribution is 2.32. The van der Waals surface area contributed by atoms with Crippen LogP contribution in [-0.4, -0.2) is 26.3 Å². The molecule has 0 saturated carbocycles. The first kappa shape index (κ1) is 14.2. The molecule has 106 valence electrons. The van der Waals surface area contributed by atoms with Gasteiger partial charge in [-0.2, -0.15) is 0 Å². The number of ether oxygens (including phenoxy) is 2. The lowest BCUT2D eigenvalue weighted by Gasteiger charge is -2.25. The molecule has 0 bridgehead atoms. The van der Waals surface area contributed by atoms with Crippen molar-refractivity contribution in [3.05, 3.63) is 23.8 Å². The van der Waals surface area contributed by atoms with Crippen LogP contribution >= 0.6 is 0 Å². The van der Waals surface area contributed by atoms with Gasteiger partial charge in [-0.1, -0.05) is 26.8 Å². The molecule has 1 aliphatic heterocycles. The average molecular weight is 263 g/mol. The van der Waals surface area contributed by atoms with Crippen LogP contribution in [0.4, 0.5) is 0 Å². The van der Waals surface area contributed by atoms with E-state index in [1.54, 1.807) is 0 Å². The van der Waals surface area contributed by atoms with E-state index < -0.39 is 0 Å². The second-order valence-corrected chi connectivity index (χ2v) is 5.92. The molecule has 2 rings (SSSR count). The molecule has 0 aliphatic carbocycles. The number of nitrogens with one attached hydrogen (secondary N) is 1. The summed E-state index contributed by atoms with van der Waals surface area (Å²) in [6.45, 7) is 10.2. The summed E-state index contributed by atoms with van der Waals surface area (Å²) < 4.78 is 11.2. The Bertz CT molecular complexity index is 415. The number of rotatable bonds is 6. The number of aryl methyl sites for hydroxylation is 1. The first-order valence-electron chi connectivity index (χ1n) is 7.20. The van der Waals surface area contributed by atoms with Gasteiger partial charge in [0.1, 0.15) is 13.2 Å². The minimum absolute atomic E-state index is 0.323. The zero-order valence-corrected chi connectivity index (χ0v) is 12.3. The maximum atomic E-state index is 5.62. The van der Waals surface area contributed by atoms with Gasteiger partial charge in [0.25, 0.3) is 0 Å². The Kier molecular flexibility index (Phi) is 4.70. The molecule has 1 aromatic rings. The molecule has 0 unspecified atom stereocenters. The summed E-state index contributed by atoms with van der Waals surface area (Å²) in [7, 11) is 0. The molecule has 0 amide bonds. The van der Waals surface area contributed by atoms with E-state index in [1.165, 1.54) is 12.0 Å². The van der Waals surface area contributed by atoms with E-state index in [1.807, 2.05) is 6.07 Å². The van der Waals surface area contributed by atoms with E-state index in [2.05, 4.69) is 38.2 Å². The van der Waals surface area contributed by atoms with Crippen LogP contribution in [-0.2, 0) is 6.42 Å². The molecule has 1 aromatic carbocycles. The lowest BCUT2D eigenvalue weighted by Crippen LogP contribution is -2.29. The van der Waals surface area contributed by atoms with Crippen LogP contribution in [0.3, 0.4) is 0 Å². The fraction of sp³-hybridized carbons (Fsp3) is 0.625. The van der Waals surface area contributed by atoms with Crippen molar-refractivity contribution < 1.29 is 9.47 Å². The SMILES string of the molecule is CCNCC(C)(C)CCc1ccc2c(c1)OCCO2. The predicted molar refractivity (Wildman–Crippen MR) is 78.1 cm³/mol. The zero-order valence-electron chi connectivity index (χ0n) is 12.3. The molecule has 0 saturated heterocycles. The van der Waals surface area contributed by atoms with Crippen molar-refractivity contribution in [3.8, 4) is 11.5 Å². The van der Waals surface area contributed by atoms with Gasteiger partial charge in [-0.05, 0) is 42.5 Å². The van der Waals surface area contributed by atoms with Crippen molar-refractivity contribution in [1.82, 2.24) is 5.32 Å². The van der Waals surface area contributed by atoms with Crippen molar-refractivity contribution in [2.75, 3.05) is 26.3 Å². The van der Waals surface area contributed by atoms with Crippen LogP contribution < -0.4 is 14.8 Å². The lowest BCUT2D eigenvalue weighted by atomic mass is 9.86. The highest BCUT2D eigenvalue weighted by Gasteiger charge is 2.18. The molecular weight excluding hydrogens is 238 g/mol. The fourth-order valence-corrected chi connectivity index (χ4v) is 2.28. The van der Waals surface area contributed by atoms with Gasteiger partial charge in [0, 0.05) is 6.54 Å². The maximum Gasteiger partial charge on any atom is 0.161 e. The Labute approximate surface area is 116 Å². The van der Waals surface area contributed by atoms with Gasteiger partial charge in [0.2, 0.25) is 0 Å². The van der Waals surface area contributed by atoms with Crippen LogP contribution in [0.5, 0.6) is 11.5 Å². The van der Waals surface area contributed by atoms with Crippen LogP contribution in [0, 0.1) is 5.41 Å². The summed E-state index contributed by atoms with van der Waals surface area (Å²) in [5.74, 6) is 1.77. The summed E-state index contributed by atoms with van der Waals surface area (Å²) in [5.41, 5.74) is 1.65. The molecule has 1 N–H and O–H groups in total. The number of hydrogen-bond acceptors (Lipinski definition) is 3. The number of fused-ring (bicyclic) bond motifs is 1. The molecule has 3 nitrogen and oxygen atoms in total. The molecule has 0 fully saturated rings. The first-order valence-corrected chi connectivity index (χ1v) is 7.20. The van der Waals surface area contributed by atoms with Crippen LogP contribution in [0.1, 0.15) is 32.8 Å². The van der Waals surface area contributed by atoms with Crippen molar-refractivity contribution in [2.24, 2.45) is 5.41 Å². The highest BCUT2D eigenvalue weighted by molar-refractivity contribution is 5.43. The van der Waals surface area contributed by atoms with Gasteiger partial charge in [-0.15, -0.1) is 0 Å². The third-order valence-corrected chi connectivity index (χ3v) is 3.55. The zero-order chi connectivity index (χ0) is 13.7. The molecule has 1 heterocycles. The van der Waals surface area contributed by atoms with Crippen LogP contribution in [0.15, 0.2) is 18.2 Å². The first-order chi connectivity index (χ1) is 9.11. The van der Waals surface area contributed by atoms with Crippen molar-refractivity contribution in [1.29, 1.82) is 0 Å². The van der Waals surface area contributed by atoms with E-state index in [0.29, 0.717) is 18.6 Å². The molecule has 0 aromatic heterocycles. The minimum Gasteiger partial charge on any atom is -0.486 e. The third-order valence-electron chi connectivity index (χ3n) is 3.55. The van der Waals surface area contributed by atoms with E-state index in [9.17, 15) is 0 Å². The van der Waals surface area contributed by atoms with Gasteiger partial charge >= 0.3 is 0 Å². The molecular formula is C16H25NO2. The van der Waals surface area contributed by atoms with Crippen molar-refractivity contribution in [3.63, 3.8) is 0 Å². The molecule has 0 radical (unpaired) electrons. The van der Waals surface area contributed by atoms with Crippen molar-refractivity contribution in [2.45, 2.75) is 33.6 Å². The summed E-state index contributed by atoms with van der Waals surface area (Å²) in [6.07, 6.45) is 2.24. The second-order valence-electron chi connectivity index (χ2n) is 5.92. The average Bonchev–Trinajstić information content (AvgIpc) is 2.43. The van der Waals surface area contributed by atoms with Crippen molar-refractivity contribution >= 4 is 0 Å². The quantitative estimate of drug-likeness (QED) is 0.855. The topological polar surface area (TPSA) is 30.5 Å². The summed E-state index contributed by atoms with van der Waals surface area (Å²) in [5, 5.41) is 3.43. The minimum atomic E-state index is 0.323. The Morgan fingerprint density at radius 1 is 1.16 bits per heavy atom. The Hall–Kier alpha value is -1.22. The number of benzene rings is 1. The fourth-order valence-electron chi connectivity index (χ4n) is 2.28. The summed E-state index contributed by atoms with van der Waals surface area (Å²) >= 11 is 0. The van der Waals surface area contributed by atoms with Gasteiger partial charge in [-0.25, -0.2) is 0 Å². The smallest absolute Gasteiger partial charge is 0.161 e. The van der Waals surface area contributed by atoms with Gasteiger partial charge in [-0.3, -0.25) is 0 Å². The Morgan fingerprint density at radius 2 is 1.89 bits per heavy atom. The van der Waals surface area contributed by atoms with Gasteiger partial charge in [0.15, 0.2) is 11.5 Å². The summed E-state index contributed by atoms with van der Waals surface area (Å²) in [6, 6.07) is 6.30. The molecule has 0 spiro atoms. The second kappa shape index (κ2) is 6.29. The predicted octanol–water partition coefficient (Wildman–Crippen LogP) is 3.03. The third kappa shape index (κ3) is 4.13. The largest absolute Gasteiger partial charge is 0.486 e. The Morgan fingerprint density at radius 3 is 2.63 bits per heavy atom. The van der Waals surface area contributed by atoms with E-state index in [-0.39, 0.29) is 0 Å². The van der Waals surface area contributed by atoms with Crippen LogP contribution in [0.2, 0.25) is 0 Å². The lowest BCUT2D eigenvalue weighted by molar-refractivity contribution is 0.171. The van der Waals surface area contributed by atoms with Crippen LogP contribution in [0.25, 0.3) is 0 Å². The molecule has 1 aliphatic rings. The molecule has 19 heavy (non-hydrogen) atoms. The van der Waals surface area contributed by atoms with E-state index >= 15 is 0 Å². The number of hydrogen-bond donors (Lipinski definition) is 1. The van der Waals surface area contributed by atoms with Gasteiger partial charge < -0.3 is 14.8 Å². The monoisotopic (exact) mass is 263 g/mol. The molecule has 3 heteroatoms. The van der Waals surface area contributed by atoms with Gasteiger partial charge in [0.05, 0.1) is 0 Å². The normalized spacial score (nSPS) is 14.5.